The molecule has 2 heterocycles. The maximum atomic E-state index is 6.76. The Bertz CT molecular complexity index is 330. The molecule has 3 rings (SSSR count). The predicted octanol–water partition coefficient (Wildman–Crippen LogP) is 2.93. The smallest absolute Gasteiger partial charge is 0.0685 e. The molecular formula is C17H32N2O. The number of likely N-dealkylation sites (tertiary alicyclic amines) is 1. The molecule has 0 bridgehead atoms. The largest absolute Gasteiger partial charge is 0.375 e. The Morgan fingerprint density at radius 3 is 2.45 bits per heavy atom. The van der Waals surface area contributed by atoms with Crippen LogP contribution in [0.2, 0.25) is 0 Å². The molecular weight excluding hydrogens is 248 g/mol. The Morgan fingerprint density at radius 1 is 1.15 bits per heavy atom. The summed E-state index contributed by atoms with van der Waals surface area (Å²) < 4.78 is 6.18. The van der Waals surface area contributed by atoms with Gasteiger partial charge in [-0.05, 0) is 71.4 Å². The van der Waals surface area contributed by atoms with Crippen molar-refractivity contribution in [2.45, 2.75) is 82.4 Å². The standard InChI is InChI=1S/C17H32N2O/c1-16(2,19-10-5-6-11-19)15(18)14-7-12-20-17(13-14)8-3-4-9-17/h14-15H,3-13,18H2,1-2H3. The van der Waals surface area contributed by atoms with Crippen molar-refractivity contribution in [2.75, 3.05) is 19.7 Å². The Labute approximate surface area is 124 Å². The van der Waals surface area contributed by atoms with Crippen molar-refractivity contribution < 1.29 is 4.74 Å². The van der Waals surface area contributed by atoms with Gasteiger partial charge >= 0.3 is 0 Å². The molecule has 2 atom stereocenters. The highest BCUT2D eigenvalue weighted by molar-refractivity contribution is 5.01. The van der Waals surface area contributed by atoms with E-state index in [1.54, 1.807) is 0 Å². The molecule has 1 aliphatic carbocycles. The second kappa shape index (κ2) is 5.58. The summed E-state index contributed by atoms with van der Waals surface area (Å²) >= 11 is 0. The molecule has 20 heavy (non-hydrogen) atoms. The topological polar surface area (TPSA) is 38.5 Å². The minimum atomic E-state index is 0.137. The van der Waals surface area contributed by atoms with Gasteiger partial charge in [0.2, 0.25) is 0 Å². The maximum absolute atomic E-state index is 6.76. The van der Waals surface area contributed by atoms with E-state index in [4.69, 9.17) is 10.5 Å². The Morgan fingerprint density at radius 2 is 1.80 bits per heavy atom. The highest BCUT2D eigenvalue weighted by atomic mass is 16.5. The zero-order valence-corrected chi connectivity index (χ0v) is 13.4. The molecule has 3 aliphatic rings. The summed E-state index contributed by atoms with van der Waals surface area (Å²) in [5, 5.41) is 0. The third-order valence-electron chi connectivity index (χ3n) is 6.29. The Hall–Kier alpha value is -0.120. The van der Waals surface area contributed by atoms with Gasteiger partial charge in [0.05, 0.1) is 5.60 Å². The number of nitrogens with zero attached hydrogens (tertiary/aromatic N) is 1. The van der Waals surface area contributed by atoms with Crippen molar-refractivity contribution in [3.05, 3.63) is 0 Å². The molecule has 2 aliphatic heterocycles. The van der Waals surface area contributed by atoms with E-state index in [2.05, 4.69) is 18.7 Å². The van der Waals surface area contributed by atoms with Crippen LogP contribution in [0.1, 0.15) is 65.2 Å². The van der Waals surface area contributed by atoms with Gasteiger partial charge in [0, 0.05) is 18.2 Å². The van der Waals surface area contributed by atoms with Gasteiger partial charge in [-0.3, -0.25) is 4.90 Å². The first-order chi connectivity index (χ1) is 9.54. The lowest BCUT2D eigenvalue weighted by Crippen LogP contribution is -2.60. The fourth-order valence-corrected chi connectivity index (χ4v) is 4.82. The SMILES string of the molecule is CC(C)(C(N)C1CCOC2(CCCC2)C1)N1CCCC1. The summed E-state index contributed by atoms with van der Waals surface area (Å²) in [6.07, 6.45) is 10.3. The van der Waals surface area contributed by atoms with Crippen LogP contribution in [0.15, 0.2) is 0 Å². The van der Waals surface area contributed by atoms with E-state index in [1.165, 1.54) is 58.0 Å². The van der Waals surface area contributed by atoms with Gasteiger partial charge in [0.1, 0.15) is 0 Å². The van der Waals surface area contributed by atoms with Crippen LogP contribution in [0.25, 0.3) is 0 Å². The van der Waals surface area contributed by atoms with Crippen molar-refractivity contribution in [1.29, 1.82) is 0 Å². The van der Waals surface area contributed by atoms with E-state index in [1.807, 2.05) is 0 Å². The fraction of sp³-hybridized carbons (Fsp3) is 1.00. The number of hydrogen-bond donors (Lipinski definition) is 1. The van der Waals surface area contributed by atoms with Crippen LogP contribution < -0.4 is 5.73 Å². The minimum Gasteiger partial charge on any atom is -0.375 e. The van der Waals surface area contributed by atoms with E-state index in [0.717, 1.165) is 13.0 Å². The van der Waals surface area contributed by atoms with Crippen LogP contribution in [0.5, 0.6) is 0 Å². The molecule has 3 nitrogen and oxygen atoms in total. The summed E-state index contributed by atoms with van der Waals surface area (Å²) in [6.45, 7) is 8.11. The van der Waals surface area contributed by atoms with Gasteiger partial charge in [-0.15, -0.1) is 0 Å². The number of rotatable bonds is 3. The van der Waals surface area contributed by atoms with Gasteiger partial charge < -0.3 is 10.5 Å². The van der Waals surface area contributed by atoms with Crippen LogP contribution in [-0.4, -0.2) is 41.8 Å². The normalized spacial score (nSPS) is 32.9. The van der Waals surface area contributed by atoms with E-state index in [9.17, 15) is 0 Å². The van der Waals surface area contributed by atoms with Gasteiger partial charge in [0.25, 0.3) is 0 Å². The molecule has 1 saturated carbocycles. The highest BCUT2D eigenvalue weighted by Crippen LogP contribution is 2.44. The summed E-state index contributed by atoms with van der Waals surface area (Å²) in [5.41, 5.74) is 7.09. The van der Waals surface area contributed by atoms with Crippen molar-refractivity contribution in [3.63, 3.8) is 0 Å². The van der Waals surface area contributed by atoms with Crippen molar-refractivity contribution >= 4 is 0 Å². The lowest BCUT2D eigenvalue weighted by Gasteiger charge is -2.48. The minimum absolute atomic E-state index is 0.137. The lowest BCUT2D eigenvalue weighted by atomic mass is 9.74. The summed E-state index contributed by atoms with van der Waals surface area (Å²) in [7, 11) is 0. The molecule has 1 spiro atoms. The van der Waals surface area contributed by atoms with Crippen molar-refractivity contribution in [3.8, 4) is 0 Å². The summed E-state index contributed by atoms with van der Waals surface area (Å²) in [6, 6.07) is 0.280. The van der Waals surface area contributed by atoms with Crippen LogP contribution in [0.4, 0.5) is 0 Å². The molecule has 3 heteroatoms. The molecule has 2 saturated heterocycles. The number of nitrogens with two attached hydrogens (primary N) is 1. The van der Waals surface area contributed by atoms with Crippen LogP contribution in [-0.2, 0) is 4.74 Å². The quantitative estimate of drug-likeness (QED) is 0.864. The van der Waals surface area contributed by atoms with Gasteiger partial charge in [-0.2, -0.15) is 0 Å². The van der Waals surface area contributed by atoms with Gasteiger partial charge in [-0.25, -0.2) is 0 Å². The second-order valence-electron chi connectivity index (χ2n) is 7.87. The van der Waals surface area contributed by atoms with Crippen LogP contribution >= 0.6 is 0 Å². The van der Waals surface area contributed by atoms with Crippen LogP contribution in [0.3, 0.4) is 0 Å². The first-order valence-corrected chi connectivity index (χ1v) is 8.68. The molecule has 0 aromatic rings. The van der Waals surface area contributed by atoms with Gasteiger partial charge in [-0.1, -0.05) is 12.8 Å². The molecule has 3 fully saturated rings. The van der Waals surface area contributed by atoms with Crippen molar-refractivity contribution in [2.24, 2.45) is 11.7 Å². The second-order valence-corrected chi connectivity index (χ2v) is 7.87. The summed E-state index contributed by atoms with van der Waals surface area (Å²) in [5.74, 6) is 0.637. The first kappa shape index (κ1) is 14.8. The molecule has 2 unspecified atom stereocenters. The zero-order chi connectivity index (χ0) is 14.2. The van der Waals surface area contributed by atoms with E-state index in [-0.39, 0.29) is 17.2 Å². The summed E-state index contributed by atoms with van der Waals surface area (Å²) in [4.78, 5) is 2.62. The molecule has 0 aromatic carbocycles. The lowest BCUT2D eigenvalue weighted by molar-refractivity contribution is -0.103. The molecule has 0 aromatic heterocycles. The van der Waals surface area contributed by atoms with E-state index in [0.29, 0.717) is 5.92 Å². The Balaban J connectivity index is 1.67. The molecule has 0 radical (unpaired) electrons. The Kier molecular flexibility index (Phi) is 4.13. The van der Waals surface area contributed by atoms with E-state index < -0.39 is 0 Å². The van der Waals surface area contributed by atoms with Crippen LogP contribution in [0, 0.1) is 5.92 Å². The highest BCUT2D eigenvalue weighted by Gasteiger charge is 2.45. The van der Waals surface area contributed by atoms with Crippen molar-refractivity contribution in [1.82, 2.24) is 4.90 Å². The molecule has 0 amide bonds. The number of hydrogen-bond acceptors (Lipinski definition) is 3. The zero-order valence-electron chi connectivity index (χ0n) is 13.4. The molecule has 116 valence electrons. The fourth-order valence-electron chi connectivity index (χ4n) is 4.82. The average molecular weight is 280 g/mol. The molecule has 2 N–H and O–H groups in total. The third kappa shape index (κ3) is 2.65. The first-order valence-electron chi connectivity index (χ1n) is 8.68. The maximum Gasteiger partial charge on any atom is 0.0685 e. The third-order valence-corrected chi connectivity index (χ3v) is 6.29. The predicted molar refractivity (Wildman–Crippen MR) is 82.7 cm³/mol. The monoisotopic (exact) mass is 280 g/mol. The average Bonchev–Trinajstić information content (AvgIpc) is 3.10. The van der Waals surface area contributed by atoms with Gasteiger partial charge in [0.15, 0.2) is 0 Å². The number of ether oxygens (including phenoxy) is 1. The van der Waals surface area contributed by atoms with E-state index >= 15 is 0 Å².